The third kappa shape index (κ3) is 2.00. The minimum absolute atomic E-state index is 0.0474. The van der Waals surface area contributed by atoms with Crippen LogP contribution in [0.15, 0.2) is 30.5 Å². The molecule has 0 unspecified atom stereocenters. The largest absolute Gasteiger partial charge is 0.512 e. The maximum absolute atomic E-state index is 10.4. The molecule has 2 aromatic rings. The van der Waals surface area contributed by atoms with Gasteiger partial charge in [0.1, 0.15) is 0 Å². The molecule has 0 saturated heterocycles. The Morgan fingerprint density at radius 1 is 1.44 bits per heavy atom. The highest BCUT2D eigenvalue weighted by Gasteiger charge is 2.07. The molecule has 16 heavy (non-hydrogen) atoms. The Labute approximate surface area is 91.1 Å². The summed E-state index contributed by atoms with van der Waals surface area (Å²) >= 11 is 0. The maximum Gasteiger partial charge on any atom is 0.512 e. The molecule has 2 heterocycles. The number of carboxylic acid groups (broad SMARTS) is 1. The molecule has 6 nitrogen and oxygen atoms in total. The number of carbonyl (C=O) groups is 1. The molecule has 82 valence electrons. The predicted molar refractivity (Wildman–Crippen MR) is 55.1 cm³/mol. The van der Waals surface area contributed by atoms with Crippen LogP contribution in [0, 0.1) is 0 Å². The van der Waals surface area contributed by atoms with Crippen LogP contribution in [0.4, 0.5) is 4.79 Å². The van der Waals surface area contributed by atoms with Crippen LogP contribution >= 0.6 is 0 Å². The zero-order chi connectivity index (χ0) is 11.5. The fourth-order valence-corrected chi connectivity index (χ4v) is 1.33. The average molecular weight is 219 g/mol. The lowest BCUT2D eigenvalue weighted by Crippen LogP contribution is -2.05. The Balaban J connectivity index is 2.36. The van der Waals surface area contributed by atoms with Gasteiger partial charge >= 0.3 is 6.16 Å². The van der Waals surface area contributed by atoms with Crippen LogP contribution in [-0.4, -0.2) is 26.0 Å². The molecule has 0 aliphatic rings. The predicted octanol–water partition coefficient (Wildman–Crippen LogP) is 1.54. The molecule has 1 N–H and O–H groups in total. The van der Waals surface area contributed by atoms with Gasteiger partial charge in [0.2, 0.25) is 5.88 Å². The molecule has 6 heteroatoms. The van der Waals surface area contributed by atoms with Crippen molar-refractivity contribution in [1.29, 1.82) is 0 Å². The summed E-state index contributed by atoms with van der Waals surface area (Å²) in [5.74, 6) is 0.0474. The number of aromatic nitrogens is 3. The van der Waals surface area contributed by atoms with Crippen molar-refractivity contribution in [2.24, 2.45) is 7.05 Å². The van der Waals surface area contributed by atoms with Crippen LogP contribution < -0.4 is 4.74 Å². The second kappa shape index (κ2) is 4.01. The highest BCUT2D eigenvalue weighted by atomic mass is 16.7. The average Bonchev–Trinajstić information content (AvgIpc) is 2.64. The van der Waals surface area contributed by atoms with E-state index in [9.17, 15) is 4.79 Å². The molecular formula is C10H9N3O3. The SMILES string of the molecule is Cn1nccc1-c1cccc(OC(=O)O)n1. The van der Waals surface area contributed by atoms with Crippen molar-refractivity contribution in [2.45, 2.75) is 0 Å². The smallest absolute Gasteiger partial charge is 0.449 e. The van der Waals surface area contributed by atoms with Crippen LogP contribution in [0.25, 0.3) is 11.4 Å². The second-order valence-electron chi connectivity index (χ2n) is 3.07. The van der Waals surface area contributed by atoms with E-state index in [1.807, 2.05) is 0 Å². The lowest BCUT2D eigenvalue weighted by Gasteiger charge is -2.03. The number of hydrogen-bond donors (Lipinski definition) is 1. The first kappa shape index (κ1) is 10.2. The standard InChI is InChI=1S/C10H9N3O3/c1-13-8(5-6-11-13)7-3-2-4-9(12-7)16-10(14)15/h2-6H,1H3,(H,14,15). The minimum atomic E-state index is -1.38. The van der Waals surface area contributed by atoms with E-state index in [0.29, 0.717) is 5.69 Å². The normalized spacial score (nSPS) is 10.1. The van der Waals surface area contributed by atoms with Crippen LogP contribution in [0.1, 0.15) is 0 Å². The maximum atomic E-state index is 10.4. The number of aryl methyl sites for hydroxylation is 1. The summed E-state index contributed by atoms with van der Waals surface area (Å²) in [6.45, 7) is 0. The van der Waals surface area contributed by atoms with Gasteiger partial charge in [-0.05, 0) is 12.1 Å². The second-order valence-corrected chi connectivity index (χ2v) is 3.07. The molecule has 2 aromatic heterocycles. The summed E-state index contributed by atoms with van der Waals surface area (Å²) in [6.07, 6.45) is 0.261. The van der Waals surface area contributed by atoms with Gasteiger partial charge in [-0.15, -0.1) is 0 Å². The van der Waals surface area contributed by atoms with Crippen molar-refractivity contribution in [1.82, 2.24) is 14.8 Å². The van der Waals surface area contributed by atoms with Gasteiger partial charge in [-0.25, -0.2) is 9.78 Å². The van der Waals surface area contributed by atoms with Gasteiger partial charge in [0.15, 0.2) is 0 Å². The summed E-state index contributed by atoms with van der Waals surface area (Å²) in [6, 6.07) is 6.69. The molecular weight excluding hydrogens is 210 g/mol. The van der Waals surface area contributed by atoms with E-state index in [4.69, 9.17) is 5.11 Å². The Morgan fingerprint density at radius 3 is 2.88 bits per heavy atom. The van der Waals surface area contributed by atoms with Gasteiger partial charge in [-0.1, -0.05) is 6.07 Å². The Morgan fingerprint density at radius 2 is 2.25 bits per heavy atom. The molecule has 0 radical (unpaired) electrons. The van der Waals surface area contributed by atoms with Gasteiger partial charge in [0, 0.05) is 19.3 Å². The van der Waals surface area contributed by atoms with Crippen molar-refractivity contribution in [3.8, 4) is 17.3 Å². The van der Waals surface area contributed by atoms with E-state index in [1.165, 1.54) is 6.07 Å². The number of rotatable bonds is 2. The van der Waals surface area contributed by atoms with E-state index in [2.05, 4.69) is 14.8 Å². The lowest BCUT2D eigenvalue weighted by molar-refractivity contribution is 0.142. The number of hydrogen-bond acceptors (Lipinski definition) is 4. The van der Waals surface area contributed by atoms with Crippen molar-refractivity contribution in [3.05, 3.63) is 30.5 Å². The van der Waals surface area contributed by atoms with Crippen LogP contribution in [-0.2, 0) is 7.05 Å². The minimum Gasteiger partial charge on any atom is -0.449 e. The fourth-order valence-electron chi connectivity index (χ4n) is 1.33. The third-order valence-corrected chi connectivity index (χ3v) is 2.00. The van der Waals surface area contributed by atoms with Gasteiger partial charge in [-0.2, -0.15) is 5.10 Å². The van der Waals surface area contributed by atoms with Crippen LogP contribution in [0.5, 0.6) is 5.88 Å². The quantitative estimate of drug-likeness (QED) is 0.775. The summed E-state index contributed by atoms with van der Waals surface area (Å²) in [4.78, 5) is 14.4. The fraction of sp³-hybridized carbons (Fsp3) is 0.100. The zero-order valence-corrected chi connectivity index (χ0v) is 8.49. The molecule has 0 bridgehead atoms. The highest BCUT2D eigenvalue weighted by Crippen LogP contribution is 2.18. The van der Waals surface area contributed by atoms with Gasteiger partial charge in [0.25, 0.3) is 0 Å². The Kier molecular flexibility index (Phi) is 2.55. The Hall–Kier alpha value is -2.37. The van der Waals surface area contributed by atoms with Crippen LogP contribution in [0.2, 0.25) is 0 Å². The molecule has 0 atom stereocenters. The summed E-state index contributed by atoms with van der Waals surface area (Å²) < 4.78 is 6.11. The molecule has 0 aliphatic heterocycles. The molecule has 0 spiro atoms. The van der Waals surface area contributed by atoms with Gasteiger partial charge in [0.05, 0.1) is 11.4 Å². The Bertz CT molecular complexity index is 522. The number of pyridine rings is 1. The number of ether oxygens (including phenoxy) is 1. The molecule has 0 aromatic carbocycles. The van der Waals surface area contributed by atoms with Crippen LogP contribution in [0.3, 0.4) is 0 Å². The van der Waals surface area contributed by atoms with E-state index in [1.54, 1.807) is 36.1 Å². The third-order valence-electron chi connectivity index (χ3n) is 2.00. The van der Waals surface area contributed by atoms with E-state index < -0.39 is 6.16 Å². The summed E-state index contributed by atoms with van der Waals surface area (Å²) in [5.41, 5.74) is 1.40. The molecule has 0 amide bonds. The summed E-state index contributed by atoms with van der Waals surface area (Å²) in [7, 11) is 1.78. The number of nitrogens with zero attached hydrogens (tertiary/aromatic N) is 3. The van der Waals surface area contributed by atoms with E-state index >= 15 is 0 Å². The zero-order valence-electron chi connectivity index (χ0n) is 8.49. The molecule has 0 aliphatic carbocycles. The van der Waals surface area contributed by atoms with Crippen molar-refractivity contribution in [3.63, 3.8) is 0 Å². The monoisotopic (exact) mass is 219 g/mol. The molecule has 2 rings (SSSR count). The van der Waals surface area contributed by atoms with Crippen molar-refractivity contribution >= 4 is 6.16 Å². The molecule has 0 fully saturated rings. The van der Waals surface area contributed by atoms with Gasteiger partial charge in [-0.3, -0.25) is 4.68 Å². The first-order valence-corrected chi connectivity index (χ1v) is 4.53. The van der Waals surface area contributed by atoms with E-state index in [0.717, 1.165) is 5.69 Å². The highest BCUT2D eigenvalue weighted by molar-refractivity contribution is 5.61. The first-order valence-electron chi connectivity index (χ1n) is 4.53. The van der Waals surface area contributed by atoms with Crippen molar-refractivity contribution < 1.29 is 14.6 Å². The topological polar surface area (TPSA) is 77.2 Å². The van der Waals surface area contributed by atoms with E-state index in [-0.39, 0.29) is 5.88 Å². The first-order chi connectivity index (χ1) is 7.66. The molecule has 0 saturated carbocycles. The summed E-state index contributed by atoms with van der Waals surface area (Å²) in [5, 5.41) is 12.5. The van der Waals surface area contributed by atoms with Crippen molar-refractivity contribution in [2.75, 3.05) is 0 Å². The van der Waals surface area contributed by atoms with Gasteiger partial charge < -0.3 is 9.84 Å². The lowest BCUT2D eigenvalue weighted by atomic mass is 10.3.